The molecule has 4 nitrogen and oxygen atoms in total. The van der Waals surface area contributed by atoms with E-state index in [-0.39, 0.29) is 5.02 Å². The maximum atomic E-state index is 13.0. The van der Waals surface area contributed by atoms with Gasteiger partial charge >= 0.3 is 0 Å². The van der Waals surface area contributed by atoms with Gasteiger partial charge in [-0.2, -0.15) is 5.10 Å². The van der Waals surface area contributed by atoms with Gasteiger partial charge in [0.05, 0.1) is 10.7 Å². The molecule has 2 aromatic rings. The second-order valence-electron chi connectivity index (χ2n) is 5.07. The van der Waals surface area contributed by atoms with E-state index < -0.39 is 5.82 Å². The lowest BCUT2D eigenvalue weighted by molar-refractivity contribution is 0.451. The minimum absolute atomic E-state index is 0.00923. The third kappa shape index (κ3) is 4.95. The lowest BCUT2D eigenvalue weighted by Crippen LogP contribution is -2.19. The van der Waals surface area contributed by atoms with E-state index in [2.05, 4.69) is 29.4 Å². The number of aromatic nitrogens is 2. The lowest BCUT2D eigenvalue weighted by Gasteiger charge is -2.07. The Kier molecular flexibility index (Phi) is 5.47. The molecule has 0 aliphatic heterocycles. The predicted octanol–water partition coefficient (Wildman–Crippen LogP) is 3.81. The first kappa shape index (κ1) is 15.7. The molecule has 0 saturated carbocycles. The largest absolute Gasteiger partial charge is 0.437 e. The Labute approximate surface area is 128 Å². The van der Waals surface area contributed by atoms with Crippen LogP contribution in [0.2, 0.25) is 5.02 Å². The van der Waals surface area contributed by atoms with Crippen LogP contribution in [0.15, 0.2) is 30.3 Å². The van der Waals surface area contributed by atoms with E-state index in [9.17, 15) is 4.39 Å². The standard InChI is InChI=1S/C15H17ClFN3O/c1-10(2)8-18-9-11-3-6-15(20-19-11)21-12-4-5-14(17)13(16)7-12/h3-7,10,18H,8-9H2,1-2H3. The van der Waals surface area contributed by atoms with E-state index in [0.717, 1.165) is 12.2 Å². The summed E-state index contributed by atoms with van der Waals surface area (Å²) in [7, 11) is 0. The minimum Gasteiger partial charge on any atom is -0.437 e. The second-order valence-corrected chi connectivity index (χ2v) is 5.47. The highest BCUT2D eigenvalue weighted by atomic mass is 35.5. The van der Waals surface area contributed by atoms with Crippen LogP contribution in [0, 0.1) is 11.7 Å². The SMILES string of the molecule is CC(C)CNCc1ccc(Oc2ccc(F)c(Cl)c2)nn1. The first-order chi connectivity index (χ1) is 10.0. The fraction of sp³-hybridized carbons (Fsp3) is 0.333. The van der Waals surface area contributed by atoms with Gasteiger partial charge in [-0.25, -0.2) is 4.39 Å². The van der Waals surface area contributed by atoms with Gasteiger partial charge in [0.1, 0.15) is 11.6 Å². The van der Waals surface area contributed by atoms with Gasteiger partial charge in [0, 0.05) is 18.7 Å². The minimum atomic E-state index is -0.485. The van der Waals surface area contributed by atoms with Crippen LogP contribution in [0.1, 0.15) is 19.5 Å². The summed E-state index contributed by atoms with van der Waals surface area (Å²) >= 11 is 5.69. The first-order valence-corrected chi connectivity index (χ1v) is 7.08. The van der Waals surface area contributed by atoms with Gasteiger partial charge in [-0.15, -0.1) is 5.10 Å². The predicted molar refractivity (Wildman–Crippen MR) is 80.1 cm³/mol. The molecule has 0 aliphatic carbocycles. The van der Waals surface area contributed by atoms with Crippen LogP contribution in [-0.2, 0) is 6.54 Å². The Balaban J connectivity index is 1.94. The molecule has 112 valence electrons. The van der Waals surface area contributed by atoms with Crippen molar-refractivity contribution < 1.29 is 9.13 Å². The number of nitrogens with zero attached hydrogens (tertiary/aromatic N) is 2. The fourth-order valence-electron chi connectivity index (χ4n) is 1.65. The van der Waals surface area contributed by atoms with E-state index >= 15 is 0 Å². The number of nitrogens with one attached hydrogen (secondary N) is 1. The molecule has 0 bridgehead atoms. The summed E-state index contributed by atoms with van der Waals surface area (Å²) in [6, 6.07) is 7.68. The third-order valence-corrected chi connectivity index (χ3v) is 2.96. The first-order valence-electron chi connectivity index (χ1n) is 6.71. The van der Waals surface area contributed by atoms with Gasteiger partial charge < -0.3 is 10.1 Å². The third-order valence-electron chi connectivity index (χ3n) is 2.67. The van der Waals surface area contributed by atoms with Gasteiger partial charge in [-0.05, 0) is 30.7 Å². The molecule has 0 amide bonds. The van der Waals surface area contributed by atoms with Crippen LogP contribution >= 0.6 is 11.6 Å². The molecular weight excluding hydrogens is 293 g/mol. The molecule has 0 fully saturated rings. The molecule has 0 aliphatic rings. The molecular formula is C15H17ClFN3O. The maximum Gasteiger partial charge on any atom is 0.238 e. The summed E-state index contributed by atoms with van der Waals surface area (Å²) in [5.41, 5.74) is 0.833. The monoisotopic (exact) mass is 309 g/mol. The van der Waals surface area contributed by atoms with E-state index in [0.29, 0.717) is 24.1 Å². The summed E-state index contributed by atoms with van der Waals surface area (Å²) in [6.07, 6.45) is 0. The smallest absolute Gasteiger partial charge is 0.238 e. The van der Waals surface area contributed by atoms with Crippen LogP contribution in [0.5, 0.6) is 11.6 Å². The fourth-order valence-corrected chi connectivity index (χ4v) is 1.82. The number of hydrogen-bond donors (Lipinski definition) is 1. The Morgan fingerprint density at radius 3 is 2.67 bits per heavy atom. The topological polar surface area (TPSA) is 47.0 Å². The van der Waals surface area contributed by atoms with E-state index in [1.54, 1.807) is 6.07 Å². The van der Waals surface area contributed by atoms with Gasteiger partial charge in [0.15, 0.2) is 0 Å². The highest BCUT2D eigenvalue weighted by Gasteiger charge is 2.05. The molecule has 0 saturated heterocycles. The Hall–Kier alpha value is -1.72. The average Bonchev–Trinajstić information content (AvgIpc) is 2.44. The highest BCUT2D eigenvalue weighted by molar-refractivity contribution is 6.30. The van der Waals surface area contributed by atoms with Crippen LogP contribution in [-0.4, -0.2) is 16.7 Å². The van der Waals surface area contributed by atoms with Crippen molar-refractivity contribution in [1.29, 1.82) is 0 Å². The molecule has 1 aromatic carbocycles. The van der Waals surface area contributed by atoms with E-state index in [1.807, 2.05) is 6.07 Å². The zero-order chi connectivity index (χ0) is 15.2. The molecule has 1 aromatic heterocycles. The molecule has 0 unspecified atom stereocenters. The zero-order valence-corrected chi connectivity index (χ0v) is 12.7. The summed E-state index contributed by atoms with van der Waals surface area (Å²) in [6.45, 7) is 5.87. The van der Waals surface area contributed by atoms with Crippen LogP contribution in [0.4, 0.5) is 4.39 Å². The van der Waals surface area contributed by atoms with Gasteiger partial charge in [-0.1, -0.05) is 25.4 Å². The van der Waals surface area contributed by atoms with Crippen molar-refractivity contribution in [2.45, 2.75) is 20.4 Å². The van der Waals surface area contributed by atoms with Crippen molar-refractivity contribution in [3.8, 4) is 11.6 Å². The molecule has 1 heterocycles. The Bertz CT molecular complexity index is 590. The van der Waals surface area contributed by atoms with E-state index in [1.165, 1.54) is 18.2 Å². The van der Waals surface area contributed by atoms with Gasteiger partial charge in [0.25, 0.3) is 0 Å². The van der Waals surface area contributed by atoms with Gasteiger partial charge in [0.2, 0.25) is 5.88 Å². The van der Waals surface area contributed by atoms with Crippen molar-refractivity contribution >= 4 is 11.6 Å². The quantitative estimate of drug-likeness (QED) is 0.881. The summed E-state index contributed by atoms with van der Waals surface area (Å²) in [5, 5.41) is 11.3. The highest BCUT2D eigenvalue weighted by Crippen LogP contribution is 2.24. The van der Waals surface area contributed by atoms with Crippen molar-refractivity contribution in [2.24, 2.45) is 5.92 Å². The van der Waals surface area contributed by atoms with Crippen LogP contribution in [0.3, 0.4) is 0 Å². The summed E-state index contributed by atoms with van der Waals surface area (Å²) in [4.78, 5) is 0. The van der Waals surface area contributed by atoms with Crippen molar-refractivity contribution in [2.75, 3.05) is 6.54 Å². The number of halogens is 2. The molecule has 0 radical (unpaired) electrons. The van der Waals surface area contributed by atoms with Crippen molar-refractivity contribution in [1.82, 2.24) is 15.5 Å². The molecule has 1 N–H and O–H groups in total. The molecule has 0 spiro atoms. The Morgan fingerprint density at radius 1 is 1.24 bits per heavy atom. The normalized spacial score (nSPS) is 10.9. The van der Waals surface area contributed by atoms with Crippen molar-refractivity contribution in [3.63, 3.8) is 0 Å². The Morgan fingerprint density at radius 2 is 2.05 bits per heavy atom. The number of rotatable bonds is 6. The molecule has 21 heavy (non-hydrogen) atoms. The lowest BCUT2D eigenvalue weighted by atomic mass is 10.2. The molecule has 2 rings (SSSR count). The average molecular weight is 310 g/mol. The summed E-state index contributed by atoms with van der Waals surface area (Å²) < 4.78 is 18.5. The van der Waals surface area contributed by atoms with Crippen LogP contribution in [0.25, 0.3) is 0 Å². The number of ether oxygens (including phenoxy) is 1. The van der Waals surface area contributed by atoms with Gasteiger partial charge in [-0.3, -0.25) is 0 Å². The molecule has 0 atom stereocenters. The maximum absolute atomic E-state index is 13.0. The second kappa shape index (κ2) is 7.33. The number of benzene rings is 1. The van der Waals surface area contributed by atoms with E-state index in [4.69, 9.17) is 16.3 Å². The summed E-state index contributed by atoms with van der Waals surface area (Å²) in [5.74, 6) is 0.858. The van der Waals surface area contributed by atoms with Crippen molar-refractivity contribution in [3.05, 3.63) is 46.9 Å². The molecule has 6 heteroatoms. The van der Waals surface area contributed by atoms with Crippen LogP contribution < -0.4 is 10.1 Å². The zero-order valence-electron chi connectivity index (χ0n) is 11.9. The number of hydrogen-bond acceptors (Lipinski definition) is 4.